The van der Waals surface area contributed by atoms with Gasteiger partial charge in [-0.05, 0) is 6.07 Å². The second-order valence-corrected chi connectivity index (χ2v) is 8.06. The van der Waals surface area contributed by atoms with E-state index < -0.39 is 52.8 Å². The van der Waals surface area contributed by atoms with E-state index in [0.717, 1.165) is 6.20 Å². The maximum absolute atomic E-state index is 11.4. The lowest BCUT2D eigenvalue weighted by Gasteiger charge is -2.16. The fourth-order valence-electron chi connectivity index (χ4n) is 2.22. The van der Waals surface area contributed by atoms with Crippen molar-refractivity contribution in [3.05, 3.63) is 30.1 Å². The lowest BCUT2D eigenvalue weighted by Crippen LogP contribution is -2.46. The van der Waals surface area contributed by atoms with E-state index in [1.807, 2.05) is 0 Å². The molecule has 2 heterocycles. The van der Waals surface area contributed by atoms with Crippen LogP contribution in [0.25, 0.3) is 0 Å². The quantitative estimate of drug-likeness (QED) is 0.222. The van der Waals surface area contributed by atoms with Crippen LogP contribution in [0, 0.1) is 0 Å². The van der Waals surface area contributed by atoms with E-state index in [1.165, 1.54) is 22.9 Å². The molecule has 0 saturated carbocycles. The van der Waals surface area contributed by atoms with Crippen molar-refractivity contribution < 1.29 is 62.1 Å². The van der Waals surface area contributed by atoms with Gasteiger partial charge in [-0.1, -0.05) is 0 Å². The molecular weight excluding hydrogens is 400 g/mol. The van der Waals surface area contributed by atoms with Crippen molar-refractivity contribution in [1.29, 1.82) is 0 Å². The zero-order chi connectivity index (χ0) is 19.7. The van der Waals surface area contributed by atoms with Crippen LogP contribution >= 0.6 is 15.6 Å². The predicted octanol–water partition coefficient (Wildman–Crippen LogP) is -1.48. The van der Waals surface area contributed by atoms with Crippen molar-refractivity contribution in [2.45, 2.75) is 24.5 Å². The summed E-state index contributed by atoms with van der Waals surface area (Å²) in [4.78, 5) is 37.2. The third-order valence-electron chi connectivity index (χ3n) is 3.31. The molecule has 0 spiro atoms. The fraction of sp³-hybridized carbons (Fsp3) is 0.455. The van der Waals surface area contributed by atoms with Crippen LogP contribution in [-0.4, -0.2) is 60.9 Å². The Kier molecular flexibility index (Phi) is 6.31. The van der Waals surface area contributed by atoms with E-state index in [-0.39, 0.29) is 5.56 Å². The first kappa shape index (κ1) is 21.1. The number of ether oxygens (including phenoxy) is 1. The SMILES string of the molecule is O=C(O)c1ccc[n+]([C@@H]2O[C@H](COP(=O)(O)OP(=O)(O)O)[C@@H](O)[C@H]2O)c1. The minimum atomic E-state index is -5.30. The number of aliphatic hydroxyl groups excluding tert-OH is 2. The molecule has 2 rings (SSSR count). The van der Waals surface area contributed by atoms with E-state index in [2.05, 4.69) is 8.83 Å². The number of carboxylic acids is 1. The van der Waals surface area contributed by atoms with Crippen LogP contribution in [0.1, 0.15) is 16.6 Å². The van der Waals surface area contributed by atoms with Gasteiger partial charge >= 0.3 is 21.6 Å². The third-order valence-corrected chi connectivity index (χ3v) is 5.46. The highest BCUT2D eigenvalue weighted by atomic mass is 31.3. The van der Waals surface area contributed by atoms with E-state index in [4.69, 9.17) is 19.6 Å². The molecular formula is C11H16NO12P2+. The average molecular weight is 416 g/mol. The van der Waals surface area contributed by atoms with Crippen molar-refractivity contribution in [2.75, 3.05) is 6.61 Å². The molecule has 1 aromatic rings. The molecule has 146 valence electrons. The first-order valence-electron chi connectivity index (χ1n) is 6.89. The van der Waals surface area contributed by atoms with Crippen LogP contribution in [-0.2, 0) is 22.7 Å². The number of phosphoric ester groups is 1. The highest BCUT2D eigenvalue weighted by Gasteiger charge is 2.49. The molecule has 1 unspecified atom stereocenters. The highest BCUT2D eigenvalue weighted by molar-refractivity contribution is 7.60. The molecule has 5 atom stereocenters. The number of rotatable bonds is 7. The molecule has 15 heteroatoms. The van der Waals surface area contributed by atoms with Crippen LogP contribution < -0.4 is 4.57 Å². The number of pyridine rings is 1. The normalized spacial score (nSPS) is 28.7. The number of hydrogen-bond acceptors (Lipinski definition) is 8. The fourth-order valence-corrected chi connectivity index (χ4v) is 3.82. The molecule has 0 aliphatic carbocycles. The van der Waals surface area contributed by atoms with Gasteiger partial charge in [0.05, 0.1) is 6.61 Å². The summed E-state index contributed by atoms with van der Waals surface area (Å²) in [7, 11) is -10.4. The Morgan fingerprint density at radius 1 is 1.23 bits per heavy atom. The van der Waals surface area contributed by atoms with Gasteiger partial charge in [0.25, 0.3) is 6.23 Å². The zero-order valence-corrected chi connectivity index (χ0v) is 14.6. The van der Waals surface area contributed by atoms with Gasteiger partial charge in [-0.2, -0.15) is 8.88 Å². The number of aliphatic hydroxyl groups is 2. The number of carbonyl (C=O) groups is 1. The maximum Gasteiger partial charge on any atom is 0.481 e. The van der Waals surface area contributed by atoms with E-state index in [0.29, 0.717) is 0 Å². The first-order valence-corrected chi connectivity index (χ1v) is 9.92. The average Bonchev–Trinajstić information content (AvgIpc) is 2.79. The standard InChI is InChI=1S/C11H15NO12P2/c13-8-7(5-22-26(20,21)24-25(17,18)19)23-10(9(8)14)12-3-1-2-6(4-12)11(15)16/h1-4,7-10,13-14H,5H2,(H3-,15,16,17,18,19,20,21)/p+1/t7-,8-,9-,10-/m1/s1. The largest absolute Gasteiger partial charge is 0.481 e. The zero-order valence-electron chi connectivity index (χ0n) is 12.8. The van der Waals surface area contributed by atoms with Crippen molar-refractivity contribution >= 4 is 21.6 Å². The smallest absolute Gasteiger partial charge is 0.477 e. The van der Waals surface area contributed by atoms with Crippen LogP contribution in [0.3, 0.4) is 0 Å². The van der Waals surface area contributed by atoms with Gasteiger partial charge in [0, 0.05) is 6.07 Å². The van der Waals surface area contributed by atoms with Gasteiger partial charge in [0.15, 0.2) is 18.5 Å². The third kappa shape index (κ3) is 5.38. The Morgan fingerprint density at radius 3 is 2.46 bits per heavy atom. The number of aromatic carboxylic acids is 1. The Balaban J connectivity index is 2.08. The number of hydrogen-bond donors (Lipinski definition) is 6. The molecule has 26 heavy (non-hydrogen) atoms. The summed E-state index contributed by atoms with van der Waals surface area (Å²) in [5.41, 5.74) is -0.118. The summed E-state index contributed by atoms with van der Waals surface area (Å²) in [5.74, 6) is -1.23. The highest BCUT2D eigenvalue weighted by Crippen LogP contribution is 2.57. The van der Waals surface area contributed by atoms with E-state index in [1.54, 1.807) is 0 Å². The van der Waals surface area contributed by atoms with Crippen molar-refractivity contribution in [1.82, 2.24) is 0 Å². The summed E-state index contributed by atoms with van der Waals surface area (Å²) < 4.78 is 36.4. The van der Waals surface area contributed by atoms with Crippen molar-refractivity contribution in [3.8, 4) is 0 Å². The lowest BCUT2D eigenvalue weighted by atomic mass is 10.1. The topological polar surface area (TPSA) is 204 Å². The molecule has 13 nitrogen and oxygen atoms in total. The van der Waals surface area contributed by atoms with Gasteiger partial charge in [0.1, 0.15) is 17.8 Å². The van der Waals surface area contributed by atoms with Gasteiger partial charge in [-0.25, -0.2) is 13.9 Å². The molecule has 0 bridgehead atoms. The molecule has 1 aliphatic heterocycles. The number of carboxylic acid groups (broad SMARTS) is 1. The van der Waals surface area contributed by atoms with Crippen LogP contribution in [0.15, 0.2) is 24.5 Å². The Morgan fingerprint density at radius 2 is 1.88 bits per heavy atom. The maximum atomic E-state index is 11.4. The molecule has 6 N–H and O–H groups in total. The molecule has 0 radical (unpaired) electrons. The van der Waals surface area contributed by atoms with Crippen LogP contribution in [0.4, 0.5) is 0 Å². The molecule has 1 aromatic heterocycles. The van der Waals surface area contributed by atoms with Gasteiger partial charge < -0.3 is 34.7 Å². The molecule has 1 aliphatic rings. The minimum absolute atomic E-state index is 0.118. The van der Waals surface area contributed by atoms with Crippen LogP contribution in [0.5, 0.6) is 0 Å². The summed E-state index contributed by atoms with van der Waals surface area (Å²) in [6, 6.07) is 2.66. The van der Waals surface area contributed by atoms with Gasteiger partial charge in [0.2, 0.25) is 0 Å². The summed E-state index contributed by atoms with van der Waals surface area (Å²) in [5, 5.41) is 29.0. The lowest BCUT2D eigenvalue weighted by molar-refractivity contribution is -0.765. The van der Waals surface area contributed by atoms with Crippen molar-refractivity contribution in [2.24, 2.45) is 0 Å². The summed E-state index contributed by atoms with van der Waals surface area (Å²) in [6.45, 7) is -0.846. The minimum Gasteiger partial charge on any atom is -0.477 e. The van der Waals surface area contributed by atoms with Gasteiger partial charge in [-0.3, -0.25) is 4.52 Å². The monoisotopic (exact) mass is 416 g/mol. The summed E-state index contributed by atoms with van der Waals surface area (Å²) in [6.07, 6.45) is -3.24. The van der Waals surface area contributed by atoms with Crippen molar-refractivity contribution in [3.63, 3.8) is 0 Å². The van der Waals surface area contributed by atoms with E-state index >= 15 is 0 Å². The Bertz CT molecular complexity index is 765. The first-order chi connectivity index (χ1) is 11.9. The van der Waals surface area contributed by atoms with Crippen LogP contribution in [0.2, 0.25) is 0 Å². The molecule has 1 fully saturated rings. The number of aromatic nitrogens is 1. The summed E-state index contributed by atoms with van der Waals surface area (Å²) >= 11 is 0. The molecule has 0 aromatic carbocycles. The molecule has 1 saturated heterocycles. The molecule has 0 amide bonds. The predicted molar refractivity (Wildman–Crippen MR) is 78.4 cm³/mol. The second-order valence-electron chi connectivity index (χ2n) is 5.23. The van der Waals surface area contributed by atoms with Gasteiger partial charge in [-0.15, -0.1) is 0 Å². The second kappa shape index (κ2) is 7.79. The van der Waals surface area contributed by atoms with E-state index in [9.17, 15) is 29.0 Å². The number of nitrogens with zero attached hydrogens (tertiary/aromatic N) is 1. The number of phosphoric acid groups is 2. The Labute approximate surface area is 145 Å². The Hall–Kier alpha value is -1.24.